The van der Waals surface area contributed by atoms with Gasteiger partial charge in [-0.1, -0.05) is 12.1 Å². The van der Waals surface area contributed by atoms with Gasteiger partial charge in [-0.25, -0.2) is 19.9 Å². The molecule has 2 aromatic heterocycles. The van der Waals surface area contributed by atoms with Crippen LogP contribution in [0.25, 0.3) is 11.1 Å². The molecule has 2 heterocycles. The Labute approximate surface area is 242 Å². The largest absolute Gasteiger partial charge is 0.324 e. The number of nitrogens with zero attached hydrogens (tertiary/aromatic N) is 4. The van der Waals surface area contributed by atoms with Crippen molar-refractivity contribution in [3.8, 4) is 11.1 Å². The minimum absolute atomic E-state index is 0.162. The number of benzene rings is 2. The van der Waals surface area contributed by atoms with E-state index in [0.717, 1.165) is 12.1 Å². The van der Waals surface area contributed by atoms with Crippen LogP contribution >= 0.6 is 25.3 Å². The predicted molar refractivity (Wildman–Crippen MR) is 156 cm³/mol. The van der Waals surface area contributed by atoms with E-state index >= 15 is 0 Å². The highest BCUT2D eigenvalue weighted by Gasteiger charge is 2.24. The van der Waals surface area contributed by atoms with Crippen molar-refractivity contribution < 1.29 is 25.9 Å². The van der Waals surface area contributed by atoms with Crippen LogP contribution in [-0.2, 0) is 20.2 Å². The summed E-state index contributed by atoms with van der Waals surface area (Å²) in [6.07, 6.45) is 0. The van der Waals surface area contributed by atoms with Gasteiger partial charge < -0.3 is 10.6 Å². The number of hydrogen-bond acceptors (Lipinski definition) is 12. The highest BCUT2D eigenvalue weighted by molar-refractivity contribution is 7.86. The number of rotatable bonds is 7. The summed E-state index contributed by atoms with van der Waals surface area (Å²) in [7, 11) is -9.73. The van der Waals surface area contributed by atoms with Crippen molar-refractivity contribution in [3.63, 3.8) is 0 Å². The summed E-state index contributed by atoms with van der Waals surface area (Å²) in [5.74, 6) is 0.323. The Kier molecular flexibility index (Phi) is 8.13. The van der Waals surface area contributed by atoms with Gasteiger partial charge in [0.2, 0.25) is 11.9 Å². The van der Waals surface area contributed by atoms with Gasteiger partial charge in [-0.2, -0.15) is 16.8 Å². The molecule has 0 radical (unpaired) electrons. The highest BCUT2D eigenvalue weighted by Crippen LogP contribution is 2.36. The Bertz CT molecular complexity index is 1700. The second kappa shape index (κ2) is 10.9. The molecule has 210 valence electrons. The molecule has 0 atom stereocenters. The molecule has 0 amide bonds. The van der Waals surface area contributed by atoms with E-state index < -0.39 is 30.0 Å². The summed E-state index contributed by atoms with van der Waals surface area (Å²) in [5, 5.41) is 5.74. The molecule has 0 unspecified atom stereocenters. The number of hydrogen-bond donors (Lipinski definition) is 6. The van der Waals surface area contributed by atoms with E-state index in [0.29, 0.717) is 32.6 Å². The van der Waals surface area contributed by atoms with Crippen LogP contribution in [0.4, 0.5) is 23.3 Å². The molecule has 0 spiro atoms. The zero-order valence-corrected chi connectivity index (χ0v) is 24.9. The van der Waals surface area contributed by atoms with Crippen molar-refractivity contribution in [2.24, 2.45) is 0 Å². The van der Waals surface area contributed by atoms with Gasteiger partial charge in [-0.15, -0.1) is 25.3 Å². The van der Waals surface area contributed by atoms with Crippen molar-refractivity contribution in [2.45, 2.75) is 47.3 Å². The first-order chi connectivity index (χ1) is 18.5. The molecule has 0 fully saturated rings. The molecule has 16 heteroatoms. The van der Waals surface area contributed by atoms with Crippen LogP contribution in [0.5, 0.6) is 0 Å². The first-order valence-electron chi connectivity index (χ1n) is 11.4. The molecule has 40 heavy (non-hydrogen) atoms. The lowest BCUT2D eigenvalue weighted by Crippen LogP contribution is -2.08. The normalized spacial score (nSPS) is 11.9. The number of nitrogens with one attached hydrogen (secondary N) is 2. The highest BCUT2D eigenvalue weighted by atomic mass is 32.2. The lowest BCUT2D eigenvalue weighted by atomic mass is 10.0. The van der Waals surface area contributed by atoms with Gasteiger partial charge in [0.25, 0.3) is 20.2 Å². The molecule has 0 aliphatic rings. The van der Waals surface area contributed by atoms with Crippen LogP contribution < -0.4 is 10.6 Å². The Morgan fingerprint density at radius 1 is 0.600 bits per heavy atom. The number of thiol groups is 2. The van der Waals surface area contributed by atoms with Gasteiger partial charge in [0.15, 0.2) is 0 Å². The fourth-order valence-corrected chi connectivity index (χ4v) is 5.53. The Morgan fingerprint density at radius 3 is 1.18 bits per heavy atom. The summed E-state index contributed by atoms with van der Waals surface area (Å²) in [6, 6.07) is 7.68. The predicted octanol–water partition coefficient (Wildman–Crippen LogP) is 4.73. The van der Waals surface area contributed by atoms with E-state index in [2.05, 4.69) is 55.8 Å². The topological polar surface area (TPSA) is 184 Å². The summed E-state index contributed by atoms with van der Waals surface area (Å²) in [6.45, 7) is 6.92. The van der Waals surface area contributed by atoms with Gasteiger partial charge in [0.1, 0.15) is 9.79 Å². The average Bonchev–Trinajstić information content (AvgIpc) is 2.85. The van der Waals surface area contributed by atoms with Gasteiger partial charge in [-0.05, 0) is 52.0 Å². The summed E-state index contributed by atoms with van der Waals surface area (Å²) in [4.78, 5) is 17.0. The fourth-order valence-electron chi connectivity index (χ4n) is 3.86. The third kappa shape index (κ3) is 6.37. The number of anilines is 4. The first kappa shape index (κ1) is 29.7. The molecule has 0 saturated carbocycles. The second-order valence-corrected chi connectivity index (χ2v) is 12.4. The third-order valence-corrected chi connectivity index (χ3v) is 8.87. The standard InChI is InChI=1S/C24H24N6O6S4/c1-11-21(37)12(2)26-23(25-11)29-15-5-7-17(19(9-15)39(31,32)33)18-8-6-16(10-20(18)40(34,35)36)30-24-27-13(3)22(38)14(4)28-24/h5-10,37-38H,1-4H3,(H,25,26,29)(H,27,28,30)(H,31,32,33)(H,34,35,36). The quantitative estimate of drug-likeness (QED) is 0.124. The Hall–Kier alpha value is -3.28. The van der Waals surface area contributed by atoms with Gasteiger partial charge in [-0.3, -0.25) is 9.11 Å². The second-order valence-electron chi connectivity index (χ2n) is 8.76. The zero-order chi connectivity index (χ0) is 29.6. The maximum absolute atomic E-state index is 12.4. The van der Waals surface area contributed by atoms with E-state index in [4.69, 9.17) is 0 Å². The molecule has 12 nitrogen and oxygen atoms in total. The molecule has 0 saturated heterocycles. The zero-order valence-electron chi connectivity index (χ0n) is 21.5. The van der Waals surface area contributed by atoms with Crippen molar-refractivity contribution in [2.75, 3.05) is 10.6 Å². The molecule has 0 aliphatic heterocycles. The van der Waals surface area contributed by atoms with Gasteiger partial charge >= 0.3 is 0 Å². The summed E-state index contributed by atoms with van der Waals surface area (Å²) < 4.78 is 69.6. The van der Waals surface area contributed by atoms with E-state index in [1.165, 1.54) is 24.3 Å². The molecule has 0 aliphatic carbocycles. The smallest absolute Gasteiger partial charge is 0.295 e. The van der Waals surface area contributed by atoms with E-state index in [1.54, 1.807) is 27.7 Å². The van der Waals surface area contributed by atoms with Crippen molar-refractivity contribution in [1.82, 2.24) is 19.9 Å². The van der Waals surface area contributed by atoms with Gasteiger partial charge in [0.05, 0.1) is 22.8 Å². The molecule has 2 aromatic carbocycles. The summed E-state index contributed by atoms with van der Waals surface area (Å²) in [5.41, 5.74) is 2.42. The lowest BCUT2D eigenvalue weighted by Gasteiger charge is -2.15. The summed E-state index contributed by atoms with van der Waals surface area (Å²) >= 11 is 8.65. The molecule has 4 aromatic rings. The lowest BCUT2D eigenvalue weighted by molar-refractivity contribution is 0.480. The van der Waals surface area contributed by atoms with Gasteiger partial charge in [0, 0.05) is 32.3 Å². The van der Waals surface area contributed by atoms with Crippen molar-refractivity contribution >= 4 is 68.8 Å². The SMILES string of the molecule is Cc1nc(Nc2ccc(-c3ccc(Nc4nc(C)c(S)c(C)n4)cc3S(=O)(=O)O)c(S(=O)(=O)O)c2)nc(C)c1S. The Balaban J connectivity index is 1.81. The van der Waals surface area contributed by atoms with Crippen LogP contribution in [0.15, 0.2) is 56.0 Å². The first-order valence-corrected chi connectivity index (χ1v) is 15.2. The Morgan fingerprint density at radius 2 is 0.900 bits per heavy atom. The molecular weight excluding hydrogens is 597 g/mol. The molecule has 4 N–H and O–H groups in total. The number of aryl methyl sites for hydroxylation is 4. The average molecular weight is 621 g/mol. The van der Waals surface area contributed by atoms with Crippen LogP contribution in [0, 0.1) is 27.7 Å². The van der Waals surface area contributed by atoms with Crippen molar-refractivity contribution in [3.05, 3.63) is 59.2 Å². The van der Waals surface area contributed by atoms with Crippen molar-refractivity contribution in [1.29, 1.82) is 0 Å². The van der Waals surface area contributed by atoms with E-state index in [-0.39, 0.29) is 34.4 Å². The maximum atomic E-state index is 12.4. The minimum Gasteiger partial charge on any atom is -0.324 e. The van der Waals surface area contributed by atoms with Crippen LogP contribution in [0.1, 0.15) is 22.8 Å². The van der Waals surface area contributed by atoms with E-state index in [9.17, 15) is 25.9 Å². The monoisotopic (exact) mass is 620 g/mol. The minimum atomic E-state index is -4.87. The molecular formula is C24H24N6O6S4. The van der Waals surface area contributed by atoms with Crippen LogP contribution in [0.3, 0.4) is 0 Å². The number of aromatic nitrogens is 4. The maximum Gasteiger partial charge on any atom is 0.295 e. The van der Waals surface area contributed by atoms with E-state index in [1.807, 2.05) is 0 Å². The van der Waals surface area contributed by atoms with Crippen LogP contribution in [-0.4, -0.2) is 45.9 Å². The molecule has 0 bridgehead atoms. The van der Waals surface area contributed by atoms with Crippen LogP contribution in [0.2, 0.25) is 0 Å². The molecule has 4 rings (SSSR count). The third-order valence-electron chi connectivity index (χ3n) is 5.79. The fraction of sp³-hybridized carbons (Fsp3) is 0.167.